The lowest BCUT2D eigenvalue weighted by atomic mass is 10.2. The van der Waals surface area contributed by atoms with Crippen molar-refractivity contribution in [2.45, 2.75) is 12.1 Å². The maximum atomic E-state index is 12.1. The summed E-state index contributed by atoms with van der Waals surface area (Å²) in [5.74, 6) is 1.28. The number of amides is 1. The highest BCUT2D eigenvalue weighted by Gasteiger charge is 2.12. The summed E-state index contributed by atoms with van der Waals surface area (Å²) in [5.41, 5.74) is 1.40. The van der Waals surface area contributed by atoms with E-state index in [-0.39, 0.29) is 11.7 Å². The number of benzene rings is 2. The molecule has 0 aliphatic heterocycles. The van der Waals surface area contributed by atoms with Gasteiger partial charge in [0.25, 0.3) is 0 Å². The number of hydrogen-bond donors (Lipinski definition) is 2. The molecule has 0 fully saturated rings. The van der Waals surface area contributed by atoms with Crippen molar-refractivity contribution in [3.05, 3.63) is 52.5 Å². The number of para-hydroxylation sites is 1. The van der Waals surface area contributed by atoms with Gasteiger partial charge in [0.1, 0.15) is 5.75 Å². The molecule has 0 radical (unpaired) electrons. The minimum Gasteiger partial charge on any atom is -0.493 e. The van der Waals surface area contributed by atoms with Crippen molar-refractivity contribution in [1.82, 2.24) is 15.2 Å². The molecule has 27 heavy (non-hydrogen) atoms. The molecule has 2 aromatic carbocycles. The number of hydrogen-bond acceptors (Lipinski definition) is 5. The van der Waals surface area contributed by atoms with Crippen molar-refractivity contribution >= 4 is 46.6 Å². The zero-order valence-electron chi connectivity index (χ0n) is 14.3. The monoisotopic (exact) mass is 422 g/mol. The molecule has 0 aliphatic rings. The van der Waals surface area contributed by atoms with Crippen LogP contribution >= 0.6 is 35.0 Å². The number of anilines is 1. The van der Waals surface area contributed by atoms with Crippen molar-refractivity contribution in [2.75, 3.05) is 17.7 Å². The average molecular weight is 423 g/mol. The zero-order valence-corrected chi connectivity index (χ0v) is 16.7. The van der Waals surface area contributed by atoms with Crippen molar-refractivity contribution < 1.29 is 9.53 Å². The van der Waals surface area contributed by atoms with E-state index in [1.807, 2.05) is 31.2 Å². The molecule has 1 amide bonds. The highest BCUT2D eigenvalue weighted by atomic mass is 35.5. The number of nitrogens with one attached hydrogen (secondary N) is 2. The number of halogens is 2. The van der Waals surface area contributed by atoms with Crippen LogP contribution in [0.4, 0.5) is 5.69 Å². The molecule has 0 unspecified atom stereocenters. The summed E-state index contributed by atoms with van der Waals surface area (Å²) in [6, 6.07) is 12.5. The van der Waals surface area contributed by atoms with Gasteiger partial charge in [-0.25, -0.2) is 4.98 Å². The second kappa shape index (κ2) is 9.12. The molecule has 6 nitrogen and oxygen atoms in total. The fourth-order valence-corrected chi connectivity index (χ4v) is 3.17. The van der Waals surface area contributed by atoms with Crippen LogP contribution in [0.3, 0.4) is 0 Å². The van der Waals surface area contributed by atoms with Crippen LogP contribution in [-0.4, -0.2) is 33.4 Å². The Morgan fingerprint density at radius 1 is 1.22 bits per heavy atom. The molecular weight excluding hydrogens is 407 g/mol. The van der Waals surface area contributed by atoms with Crippen LogP contribution in [0, 0.1) is 0 Å². The summed E-state index contributed by atoms with van der Waals surface area (Å²) in [4.78, 5) is 16.5. The quantitative estimate of drug-likeness (QED) is 0.528. The van der Waals surface area contributed by atoms with Gasteiger partial charge in [-0.3, -0.25) is 9.89 Å². The van der Waals surface area contributed by atoms with Crippen molar-refractivity contribution in [3.8, 4) is 17.1 Å². The molecule has 0 saturated carbocycles. The fraction of sp³-hybridized carbons (Fsp3) is 0.167. The molecule has 3 aromatic rings. The summed E-state index contributed by atoms with van der Waals surface area (Å²) in [6.45, 7) is 2.48. The lowest BCUT2D eigenvalue weighted by Gasteiger charge is -2.06. The number of carbonyl (C=O) groups is 1. The molecule has 140 valence electrons. The van der Waals surface area contributed by atoms with Crippen LogP contribution in [0.25, 0.3) is 11.4 Å². The van der Waals surface area contributed by atoms with Crippen LogP contribution in [-0.2, 0) is 4.79 Å². The summed E-state index contributed by atoms with van der Waals surface area (Å²) in [5, 5.41) is 11.1. The van der Waals surface area contributed by atoms with E-state index in [1.165, 1.54) is 11.8 Å². The molecule has 0 spiro atoms. The molecule has 0 bridgehead atoms. The smallest absolute Gasteiger partial charge is 0.234 e. The Kier molecular flexibility index (Phi) is 6.60. The molecule has 0 saturated heterocycles. The number of carbonyl (C=O) groups excluding carboxylic acids is 1. The Morgan fingerprint density at radius 2 is 2.04 bits per heavy atom. The first kappa shape index (κ1) is 19.5. The minimum absolute atomic E-state index is 0.157. The van der Waals surface area contributed by atoms with E-state index < -0.39 is 0 Å². The molecule has 3 rings (SSSR count). The zero-order chi connectivity index (χ0) is 19.2. The standard InChI is InChI=1S/C18H16Cl2N4O2S/c1-2-26-15-6-4-3-5-12(15)17-22-18(24-23-17)27-10-16(25)21-11-7-8-13(19)14(20)9-11/h3-9H,2,10H2,1H3,(H,21,25)(H,22,23,24). The van der Waals surface area contributed by atoms with E-state index in [2.05, 4.69) is 20.5 Å². The minimum atomic E-state index is -0.195. The third-order valence-electron chi connectivity index (χ3n) is 3.44. The third-order valence-corrected chi connectivity index (χ3v) is 5.03. The number of H-pyrrole nitrogens is 1. The molecule has 1 aromatic heterocycles. The summed E-state index contributed by atoms with van der Waals surface area (Å²) in [7, 11) is 0. The molecule has 0 atom stereocenters. The second-order valence-corrected chi connectivity index (χ2v) is 7.12. The van der Waals surface area contributed by atoms with Crippen LogP contribution in [0.15, 0.2) is 47.6 Å². The molecule has 2 N–H and O–H groups in total. The SMILES string of the molecule is CCOc1ccccc1-c1nc(SCC(=O)Nc2ccc(Cl)c(Cl)c2)n[nH]1. The fourth-order valence-electron chi connectivity index (χ4n) is 2.28. The lowest BCUT2D eigenvalue weighted by molar-refractivity contribution is -0.113. The normalized spacial score (nSPS) is 10.6. The Bertz CT molecular complexity index is 949. The lowest BCUT2D eigenvalue weighted by Crippen LogP contribution is -2.14. The van der Waals surface area contributed by atoms with Crippen LogP contribution in [0.2, 0.25) is 10.0 Å². The molecule has 9 heteroatoms. The number of ether oxygens (including phenoxy) is 1. The number of nitrogens with zero attached hydrogens (tertiary/aromatic N) is 2. The predicted molar refractivity (Wildman–Crippen MR) is 109 cm³/mol. The van der Waals surface area contributed by atoms with Gasteiger partial charge in [-0.1, -0.05) is 47.1 Å². The first-order valence-electron chi connectivity index (χ1n) is 8.09. The van der Waals surface area contributed by atoms with Gasteiger partial charge in [0.05, 0.1) is 28.0 Å². The average Bonchev–Trinajstić information content (AvgIpc) is 3.13. The molecular formula is C18H16Cl2N4O2S. The van der Waals surface area contributed by atoms with E-state index in [9.17, 15) is 4.79 Å². The Morgan fingerprint density at radius 3 is 2.81 bits per heavy atom. The number of thioether (sulfide) groups is 1. The summed E-state index contributed by atoms with van der Waals surface area (Å²) in [6.07, 6.45) is 0. The van der Waals surface area contributed by atoms with Crippen LogP contribution in [0.5, 0.6) is 5.75 Å². The Hall–Kier alpha value is -2.22. The summed E-state index contributed by atoms with van der Waals surface area (Å²) < 4.78 is 5.60. The van der Waals surface area contributed by atoms with Crippen molar-refractivity contribution in [1.29, 1.82) is 0 Å². The maximum Gasteiger partial charge on any atom is 0.234 e. The first-order chi connectivity index (χ1) is 13.1. The van der Waals surface area contributed by atoms with Gasteiger partial charge < -0.3 is 10.1 Å². The van der Waals surface area contributed by atoms with E-state index in [0.29, 0.717) is 33.3 Å². The van der Waals surface area contributed by atoms with E-state index >= 15 is 0 Å². The second-order valence-electron chi connectivity index (χ2n) is 5.36. The van der Waals surface area contributed by atoms with Crippen LogP contribution in [0.1, 0.15) is 6.92 Å². The predicted octanol–water partition coefficient (Wildman–Crippen LogP) is 4.91. The van der Waals surface area contributed by atoms with Crippen LogP contribution < -0.4 is 10.1 Å². The van der Waals surface area contributed by atoms with Crippen molar-refractivity contribution in [3.63, 3.8) is 0 Å². The topological polar surface area (TPSA) is 79.9 Å². The Labute approximate surface area is 170 Å². The van der Waals surface area contributed by atoms with E-state index in [4.69, 9.17) is 27.9 Å². The molecule has 0 aliphatic carbocycles. The third kappa shape index (κ3) is 5.15. The number of aromatic nitrogens is 3. The van der Waals surface area contributed by atoms with Gasteiger partial charge >= 0.3 is 0 Å². The first-order valence-corrected chi connectivity index (χ1v) is 9.83. The van der Waals surface area contributed by atoms with Gasteiger partial charge in [0.2, 0.25) is 11.1 Å². The number of rotatable bonds is 7. The number of aromatic amines is 1. The van der Waals surface area contributed by atoms with Crippen molar-refractivity contribution in [2.24, 2.45) is 0 Å². The highest BCUT2D eigenvalue weighted by molar-refractivity contribution is 7.99. The van der Waals surface area contributed by atoms with E-state index in [0.717, 1.165) is 11.3 Å². The van der Waals surface area contributed by atoms with Gasteiger partial charge in [0.15, 0.2) is 5.82 Å². The maximum absolute atomic E-state index is 12.1. The highest BCUT2D eigenvalue weighted by Crippen LogP contribution is 2.28. The van der Waals surface area contributed by atoms with Gasteiger partial charge in [-0.05, 0) is 37.3 Å². The van der Waals surface area contributed by atoms with Gasteiger partial charge in [0, 0.05) is 5.69 Å². The Balaban J connectivity index is 1.61. The van der Waals surface area contributed by atoms with E-state index in [1.54, 1.807) is 18.2 Å². The van der Waals surface area contributed by atoms with Gasteiger partial charge in [-0.2, -0.15) is 0 Å². The summed E-state index contributed by atoms with van der Waals surface area (Å²) >= 11 is 13.0. The molecule has 1 heterocycles. The largest absolute Gasteiger partial charge is 0.493 e. The van der Waals surface area contributed by atoms with Gasteiger partial charge in [-0.15, -0.1) is 5.10 Å².